The highest BCUT2D eigenvalue weighted by atomic mass is 32.1. The molecule has 2 aliphatic rings. The molecule has 0 unspecified atom stereocenters. The molecule has 1 aromatic heterocycles. The van der Waals surface area contributed by atoms with Crippen molar-refractivity contribution in [2.75, 3.05) is 7.11 Å². The Hall–Kier alpha value is -2.21. The zero-order chi connectivity index (χ0) is 17.4. The van der Waals surface area contributed by atoms with Crippen molar-refractivity contribution >= 4 is 23.2 Å². The van der Waals surface area contributed by atoms with Gasteiger partial charge in [-0.2, -0.15) is 0 Å². The van der Waals surface area contributed by atoms with E-state index in [2.05, 4.69) is 17.1 Å². The summed E-state index contributed by atoms with van der Waals surface area (Å²) in [5, 5.41) is 2.48. The van der Waals surface area contributed by atoms with E-state index in [-0.39, 0.29) is 11.8 Å². The van der Waals surface area contributed by atoms with Crippen molar-refractivity contribution in [3.05, 3.63) is 52.0 Å². The monoisotopic (exact) mass is 356 g/mol. The van der Waals surface area contributed by atoms with Crippen LogP contribution < -0.4 is 0 Å². The summed E-state index contributed by atoms with van der Waals surface area (Å²) in [4.78, 5) is 30.8. The summed E-state index contributed by atoms with van der Waals surface area (Å²) in [6, 6.07) is 10.6. The van der Waals surface area contributed by atoms with Gasteiger partial charge in [-0.3, -0.25) is 4.79 Å². The van der Waals surface area contributed by atoms with E-state index in [9.17, 15) is 9.59 Å². The van der Waals surface area contributed by atoms with E-state index in [0.29, 0.717) is 24.2 Å². The summed E-state index contributed by atoms with van der Waals surface area (Å²) in [7, 11) is 1.35. The highest BCUT2D eigenvalue weighted by Gasteiger charge is 2.48. The Labute approximate surface area is 150 Å². The molecule has 2 saturated carbocycles. The molecule has 1 amide bonds. The molecule has 0 saturated heterocycles. The molecule has 1 heterocycles. The minimum absolute atomic E-state index is 0.0861. The molecule has 0 bridgehead atoms. The van der Waals surface area contributed by atoms with E-state index < -0.39 is 5.97 Å². The lowest BCUT2D eigenvalue weighted by Crippen LogP contribution is -2.34. The first kappa shape index (κ1) is 16.3. The fraction of sp³-hybridized carbons (Fsp3) is 0.421. The molecule has 0 N–H and O–H groups in total. The van der Waals surface area contributed by atoms with Gasteiger partial charge in [-0.15, -0.1) is 11.3 Å². The van der Waals surface area contributed by atoms with Crippen molar-refractivity contribution in [3.63, 3.8) is 0 Å². The van der Waals surface area contributed by atoms with Crippen LogP contribution in [0.5, 0.6) is 0 Å². The number of hydrogen-bond donors (Lipinski definition) is 0. The number of thiazole rings is 1. The summed E-state index contributed by atoms with van der Waals surface area (Å²) in [5.41, 5.74) is 1.57. The number of aromatic nitrogens is 1. The largest absolute Gasteiger partial charge is 0.464 e. The average Bonchev–Trinajstić information content (AvgIpc) is 3.57. The standard InChI is InChI=1S/C19H20N2O3S/c1-24-19(23)16-11-25-17(20-16)10-21(13-7-8-13)18(22)15-9-14(15)12-5-3-2-4-6-12/h2-6,11,13-15H,7-10H2,1H3/t14-,15-/m0/s1. The van der Waals surface area contributed by atoms with Crippen molar-refractivity contribution in [3.8, 4) is 0 Å². The first-order chi connectivity index (χ1) is 12.2. The lowest BCUT2D eigenvalue weighted by Gasteiger charge is -2.21. The van der Waals surface area contributed by atoms with E-state index in [1.807, 2.05) is 23.1 Å². The van der Waals surface area contributed by atoms with Crippen molar-refractivity contribution in [2.45, 2.75) is 37.8 Å². The molecule has 5 nitrogen and oxygen atoms in total. The van der Waals surface area contributed by atoms with Gasteiger partial charge >= 0.3 is 5.97 Å². The van der Waals surface area contributed by atoms with Gasteiger partial charge in [-0.05, 0) is 30.7 Å². The maximum absolute atomic E-state index is 13.0. The first-order valence-corrected chi connectivity index (χ1v) is 9.43. The fourth-order valence-electron chi connectivity index (χ4n) is 3.25. The number of rotatable bonds is 6. The molecule has 2 aromatic rings. The Morgan fingerprint density at radius 1 is 1.28 bits per heavy atom. The van der Waals surface area contributed by atoms with Crippen LogP contribution in [0.3, 0.4) is 0 Å². The maximum atomic E-state index is 13.0. The Kier molecular flexibility index (Phi) is 4.29. The molecule has 0 radical (unpaired) electrons. The first-order valence-electron chi connectivity index (χ1n) is 8.55. The van der Waals surface area contributed by atoms with Crippen LogP contribution in [0.1, 0.15) is 46.2 Å². The quantitative estimate of drug-likeness (QED) is 0.746. The number of methoxy groups -OCH3 is 1. The van der Waals surface area contributed by atoms with Crippen molar-refractivity contribution in [2.24, 2.45) is 5.92 Å². The van der Waals surface area contributed by atoms with Crippen LogP contribution in [-0.2, 0) is 16.1 Å². The molecular weight excluding hydrogens is 336 g/mol. The summed E-state index contributed by atoms with van der Waals surface area (Å²) >= 11 is 1.41. The van der Waals surface area contributed by atoms with Gasteiger partial charge in [0.25, 0.3) is 0 Å². The summed E-state index contributed by atoms with van der Waals surface area (Å²) in [5.74, 6) is 0.226. The number of amides is 1. The van der Waals surface area contributed by atoms with Crippen LogP contribution in [0, 0.1) is 5.92 Å². The smallest absolute Gasteiger partial charge is 0.357 e. The highest BCUT2D eigenvalue weighted by molar-refractivity contribution is 7.09. The van der Waals surface area contributed by atoms with Gasteiger partial charge in [0, 0.05) is 17.3 Å². The zero-order valence-corrected chi connectivity index (χ0v) is 14.9. The Bertz CT molecular complexity index is 785. The lowest BCUT2D eigenvalue weighted by atomic mass is 10.1. The van der Waals surface area contributed by atoms with Gasteiger partial charge in [0.1, 0.15) is 5.01 Å². The summed E-state index contributed by atoms with van der Waals surface area (Å²) in [6.07, 6.45) is 3.05. The molecular formula is C19H20N2O3S. The second-order valence-corrected chi connectivity index (χ2v) is 7.62. The molecule has 2 aliphatic carbocycles. The van der Waals surface area contributed by atoms with Gasteiger partial charge in [-0.25, -0.2) is 9.78 Å². The second kappa shape index (κ2) is 6.59. The van der Waals surface area contributed by atoms with Crippen LogP contribution in [0.15, 0.2) is 35.7 Å². The third kappa shape index (κ3) is 3.44. The number of carbonyl (C=O) groups is 2. The van der Waals surface area contributed by atoms with Crippen molar-refractivity contribution in [1.82, 2.24) is 9.88 Å². The molecule has 6 heteroatoms. The van der Waals surface area contributed by atoms with E-state index in [1.54, 1.807) is 5.38 Å². The van der Waals surface area contributed by atoms with E-state index in [0.717, 1.165) is 24.3 Å². The number of benzene rings is 1. The van der Waals surface area contributed by atoms with Gasteiger partial charge in [0.2, 0.25) is 5.91 Å². The third-order valence-electron chi connectivity index (χ3n) is 4.86. The minimum atomic E-state index is -0.432. The maximum Gasteiger partial charge on any atom is 0.357 e. The lowest BCUT2D eigenvalue weighted by molar-refractivity contribution is -0.133. The van der Waals surface area contributed by atoms with Crippen LogP contribution >= 0.6 is 11.3 Å². The minimum Gasteiger partial charge on any atom is -0.464 e. The second-order valence-electron chi connectivity index (χ2n) is 6.67. The highest BCUT2D eigenvalue weighted by Crippen LogP contribution is 2.49. The summed E-state index contributed by atoms with van der Waals surface area (Å²) < 4.78 is 4.70. The van der Waals surface area contributed by atoms with Crippen LogP contribution in [0.4, 0.5) is 0 Å². The van der Waals surface area contributed by atoms with Crippen molar-refractivity contribution < 1.29 is 14.3 Å². The molecule has 1 aromatic carbocycles. The predicted octanol–water partition coefficient (Wildman–Crippen LogP) is 3.22. The predicted molar refractivity (Wildman–Crippen MR) is 94.3 cm³/mol. The van der Waals surface area contributed by atoms with Crippen molar-refractivity contribution in [1.29, 1.82) is 0 Å². The third-order valence-corrected chi connectivity index (χ3v) is 5.69. The normalized spacial score (nSPS) is 21.6. The van der Waals surface area contributed by atoms with Crippen LogP contribution in [-0.4, -0.2) is 34.9 Å². The molecule has 0 aliphatic heterocycles. The Morgan fingerprint density at radius 2 is 2.04 bits per heavy atom. The Balaban J connectivity index is 1.44. The number of hydrogen-bond acceptors (Lipinski definition) is 5. The van der Waals surface area contributed by atoms with E-state index in [4.69, 9.17) is 4.74 Å². The topological polar surface area (TPSA) is 59.5 Å². The van der Waals surface area contributed by atoms with Crippen LogP contribution in [0.25, 0.3) is 0 Å². The van der Waals surface area contributed by atoms with E-state index in [1.165, 1.54) is 24.0 Å². The number of carbonyl (C=O) groups excluding carboxylic acids is 2. The van der Waals surface area contributed by atoms with Gasteiger partial charge in [0.05, 0.1) is 13.7 Å². The SMILES string of the molecule is COC(=O)c1csc(CN(C(=O)[C@H]2C[C@H]2c2ccccc2)C2CC2)n1. The zero-order valence-electron chi connectivity index (χ0n) is 14.1. The number of ether oxygens (including phenoxy) is 1. The number of esters is 1. The molecule has 25 heavy (non-hydrogen) atoms. The Morgan fingerprint density at radius 3 is 2.72 bits per heavy atom. The fourth-order valence-corrected chi connectivity index (χ4v) is 4.01. The average molecular weight is 356 g/mol. The molecule has 130 valence electrons. The summed E-state index contributed by atoms with van der Waals surface area (Å²) in [6.45, 7) is 0.489. The van der Waals surface area contributed by atoms with Gasteiger partial charge in [-0.1, -0.05) is 30.3 Å². The molecule has 0 spiro atoms. The number of nitrogens with zero attached hydrogens (tertiary/aromatic N) is 2. The molecule has 2 fully saturated rings. The van der Waals surface area contributed by atoms with E-state index >= 15 is 0 Å². The molecule has 4 rings (SSSR count). The molecule has 2 atom stereocenters. The van der Waals surface area contributed by atoms with Gasteiger partial charge < -0.3 is 9.64 Å². The van der Waals surface area contributed by atoms with Crippen LogP contribution in [0.2, 0.25) is 0 Å². The van der Waals surface area contributed by atoms with Gasteiger partial charge in [0.15, 0.2) is 5.69 Å².